The summed E-state index contributed by atoms with van der Waals surface area (Å²) in [5, 5.41) is 0. The average Bonchev–Trinajstić information content (AvgIpc) is 2.92. The third-order valence-corrected chi connectivity index (χ3v) is 6.04. The molecule has 0 spiro atoms. The highest BCUT2D eigenvalue weighted by molar-refractivity contribution is 6.10. The Balaban J connectivity index is 1.68. The van der Waals surface area contributed by atoms with Gasteiger partial charge in [0.2, 0.25) is 0 Å². The van der Waals surface area contributed by atoms with E-state index in [2.05, 4.69) is 42.5 Å². The fraction of sp³-hybridized carbons (Fsp3) is 0.391. The summed E-state index contributed by atoms with van der Waals surface area (Å²) in [5.74, 6) is 0.881. The molecule has 1 aromatic carbocycles. The highest BCUT2D eigenvalue weighted by Crippen LogP contribution is 2.41. The SMILES string of the molecule is C=C=C1CC(=O)CCC1N1C(=O)c2ccc(N3CC(CC)C3)cc2C1=C=C. The lowest BCUT2D eigenvalue weighted by Gasteiger charge is -2.41. The number of hydrogen-bond acceptors (Lipinski definition) is 3. The molecule has 4 heteroatoms. The highest BCUT2D eigenvalue weighted by Gasteiger charge is 2.41. The molecule has 0 radical (unpaired) electrons. The van der Waals surface area contributed by atoms with Crippen molar-refractivity contribution in [3.8, 4) is 0 Å². The van der Waals surface area contributed by atoms with Crippen molar-refractivity contribution < 1.29 is 9.59 Å². The molecule has 138 valence electrons. The van der Waals surface area contributed by atoms with Crippen LogP contribution >= 0.6 is 0 Å². The van der Waals surface area contributed by atoms with Gasteiger partial charge >= 0.3 is 0 Å². The second-order valence-corrected chi connectivity index (χ2v) is 7.58. The number of carbonyl (C=O) groups is 2. The standard InChI is InChI=1S/C23H24N2O2/c1-4-15-13-24(14-15)17-7-9-19-20(12-17)21(6-3)25(23(19)27)22-10-8-18(26)11-16(22)5-2/h7,9,12,15,22H,2-4,8,10-11,13-14H2,1H3. The van der Waals surface area contributed by atoms with Crippen LogP contribution in [0.3, 0.4) is 0 Å². The molecule has 4 rings (SSSR count). The van der Waals surface area contributed by atoms with Crippen molar-refractivity contribution in [3.05, 3.63) is 59.5 Å². The van der Waals surface area contributed by atoms with Crippen LogP contribution in [0.4, 0.5) is 5.69 Å². The first-order valence-corrected chi connectivity index (χ1v) is 9.60. The molecule has 0 bridgehead atoms. The van der Waals surface area contributed by atoms with Crippen molar-refractivity contribution in [2.45, 2.75) is 38.6 Å². The lowest BCUT2D eigenvalue weighted by Crippen LogP contribution is -2.46. The molecule has 2 heterocycles. The fourth-order valence-electron chi connectivity index (χ4n) is 4.34. The molecule has 0 N–H and O–H groups in total. The van der Waals surface area contributed by atoms with Crippen LogP contribution in [0.2, 0.25) is 0 Å². The van der Waals surface area contributed by atoms with Crippen molar-refractivity contribution in [2.75, 3.05) is 18.0 Å². The van der Waals surface area contributed by atoms with Crippen LogP contribution in [0, 0.1) is 5.92 Å². The van der Waals surface area contributed by atoms with Gasteiger partial charge in [0, 0.05) is 42.8 Å². The van der Waals surface area contributed by atoms with Gasteiger partial charge in [-0.3, -0.25) is 14.5 Å². The summed E-state index contributed by atoms with van der Waals surface area (Å²) in [4.78, 5) is 29.1. The molecule has 1 saturated heterocycles. The molecule has 3 aliphatic rings. The molecule has 1 saturated carbocycles. The van der Waals surface area contributed by atoms with Crippen LogP contribution in [0.15, 0.2) is 48.4 Å². The molecule has 1 atom stereocenters. The number of anilines is 1. The molecule has 2 fully saturated rings. The Morgan fingerprint density at radius 2 is 1.93 bits per heavy atom. The van der Waals surface area contributed by atoms with Gasteiger partial charge in [-0.05, 0) is 37.0 Å². The molecular formula is C23H24N2O2. The largest absolute Gasteiger partial charge is 0.371 e. The first-order valence-electron chi connectivity index (χ1n) is 9.60. The third kappa shape index (κ3) is 2.78. The zero-order chi connectivity index (χ0) is 19.1. The number of amides is 1. The predicted octanol–water partition coefficient (Wildman–Crippen LogP) is 3.95. The summed E-state index contributed by atoms with van der Waals surface area (Å²) in [7, 11) is 0. The molecule has 1 amide bonds. The minimum absolute atomic E-state index is 0.0511. The van der Waals surface area contributed by atoms with Gasteiger partial charge in [0.05, 0.1) is 17.3 Å². The number of Topliss-reactive ketones (excluding diaryl/α,β-unsaturated/α-hetero) is 1. The van der Waals surface area contributed by atoms with Gasteiger partial charge in [-0.2, -0.15) is 0 Å². The summed E-state index contributed by atoms with van der Waals surface area (Å²) in [6, 6.07) is 5.83. The van der Waals surface area contributed by atoms with Gasteiger partial charge in [-0.15, -0.1) is 11.5 Å². The van der Waals surface area contributed by atoms with Crippen molar-refractivity contribution in [3.63, 3.8) is 0 Å². The number of ketones is 1. The second kappa shape index (κ2) is 6.74. The fourth-order valence-corrected chi connectivity index (χ4v) is 4.34. The topological polar surface area (TPSA) is 40.6 Å². The monoisotopic (exact) mass is 360 g/mol. The minimum Gasteiger partial charge on any atom is -0.371 e. The lowest BCUT2D eigenvalue weighted by atomic mass is 9.88. The summed E-state index contributed by atoms with van der Waals surface area (Å²) >= 11 is 0. The third-order valence-electron chi connectivity index (χ3n) is 6.04. The molecule has 1 aromatic rings. The van der Waals surface area contributed by atoms with Crippen molar-refractivity contribution in [1.82, 2.24) is 4.90 Å². The number of nitrogens with zero attached hydrogens (tertiary/aromatic N) is 2. The number of benzene rings is 1. The zero-order valence-corrected chi connectivity index (χ0v) is 15.8. The number of carbonyl (C=O) groups excluding carboxylic acids is 2. The number of hydrogen-bond donors (Lipinski definition) is 0. The molecule has 4 nitrogen and oxygen atoms in total. The maximum Gasteiger partial charge on any atom is 0.260 e. The lowest BCUT2D eigenvalue weighted by molar-refractivity contribution is -0.119. The quantitative estimate of drug-likeness (QED) is 0.767. The van der Waals surface area contributed by atoms with E-state index in [0.29, 0.717) is 30.5 Å². The van der Waals surface area contributed by atoms with Crippen LogP contribution in [0.25, 0.3) is 5.70 Å². The van der Waals surface area contributed by atoms with Gasteiger partial charge in [0.15, 0.2) is 0 Å². The molecule has 27 heavy (non-hydrogen) atoms. The summed E-state index contributed by atoms with van der Waals surface area (Å²) in [5.41, 5.74) is 10.1. The van der Waals surface area contributed by atoms with Crippen molar-refractivity contribution >= 4 is 23.1 Å². The first kappa shape index (κ1) is 17.6. The van der Waals surface area contributed by atoms with Crippen LogP contribution in [0.1, 0.15) is 48.5 Å². The van der Waals surface area contributed by atoms with Gasteiger partial charge in [-0.25, -0.2) is 0 Å². The minimum atomic E-state index is -0.193. The zero-order valence-electron chi connectivity index (χ0n) is 15.8. The van der Waals surface area contributed by atoms with Gasteiger partial charge in [-0.1, -0.05) is 20.1 Å². The Labute approximate surface area is 160 Å². The van der Waals surface area contributed by atoms with E-state index in [1.54, 1.807) is 4.90 Å². The van der Waals surface area contributed by atoms with Crippen LogP contribution in [-0.4, -0.2) is 35.7 Å². The van der Waals surface area contributed by atoms with E-state index >= 15 is 0 Å². The van der Waals surface area contributed by atoms with Crippen molar-refractivity contribution in [1.29, 1.82) is 0 Å². The number of rotatable bonds is 3. The van der Waals surface area contributed by atoms with E-state index in [1.807, 2.05) is 12.1 Å². The number of fused-ring (bicyclic) bond motifs is 1. The van der Waals surface area contributed by atoms with E-state index in [-0.39, 0.29) is 17.7 Å². The van der Waals surface area contributed by atoms with E-state index in [0.717, 1.165) is 35.8 Å². The summed E-state index contributed by atoms with van der Waals surface area (Å²) in [6.07, 6.45) is 2.58. The maximum absolute atomic E-state index is 13.1. The molecule has 0 aromatic heterocycles. The Kier molecular flexibility index (Phi) is 4.39. The van der Waals surface area contributed by atoms with E-state index in [9.17, 15) is 9.59 Å². The maximum atomic E-state index is 13.1. The molecule has 1 unspecified atom stereocenters. The first-order chi connectivity index (χ1) is 13.1. The van der Waals surface area contributed by atoms with E-state index in [4.69, 9.17) is 0 Å². The Morgan fingerprint density at radius 1 is 1.15 bits per heavy atom. The second-order valence-electron chi connectivity index (χ2n) is 7.58. The Hall–Kier alpha value is -2.80. The highest BCUT2D eigenvalue weighted by atomic mass is 16.2. The molecule has 1 aliphatic carbocycles. The van der Waals surface area contributed by atoms with Crippen molar-refractivity contribution in [2.24, 2.45) is 5.92 Å². The van der Waals surface area contributed by atoms with E-state index < -0.39 is 0 Å². The van der Waals surface area contributed by atoms with Crippen LogP contribution in [0.5, 0.6) is 0 Å². The van der Waals surface area contributed by atoms with E-state index in [1.165, 1.54) is 6.42 Å². The molecule has 2 aliphatic heterocycles. The Morgan fingerprint density at radius 3 is 2.59 bits per heavy atom. The Bertz CT molecular complexity index is 926. The van der Waals surface area contributed by atoms with Gasteiger partial charge in [0.1, 0.15) is 5.78 Å². The van der Waals surface area contributed by atoms with Crippen LogP contribution < -0.4 is 4.90 Å². The summed E-state index contributed by atoms with van der Waals surface area (Å²) in [6.45, 7) is 11.9. The van der Waals surface area contributed by atoms with Gasteiger partial charge in [0.25, 0.3) is 5.91 Å². The predicted molar refractivity (Wildman–Crippen MR) is 106 cm³/mol. The van der Waals surface area contributed by atoms with Gasteiger partial charge < -0.3 is 4.90 Å². The smallest absolute Gasteiger partial charge is 0.260 e. The normalized spacial score (nSPS) is 22.5. The summed E-state index contributed by atoms with van der Waals surface area (Å²) < 4.78 is 0. The average molecular weight is 360 g/mol. The van der Waals surface area contributed by atoms with Crippen LogP contribution in [-0.2, 0) is 4.79 Å². The molecular weight excluding hydrogens is 336 g/mol.